The van der Waals surface area contributed by atoms with E-state index < -0.39 is 5.91 Å². The van der Waals surface area contributed by atoms with E-state index in [0.717, 1.165) is 0 Å². The fourth-order valence-electron chi connectivity index (χ4n) is 1.83. The van der Waals surface area contributed by atoms with Crippen molar-refractivity contribution >= 4 is 23.3 Å². The predicted octanol–water partition coefficient (Wildman–Crippen LogP) is 3.66. The Morgan fingerprint density at radius 3 is 2.60 bits per heavy atom. The van der Waals surface area contributed by atoms with Crippen molar-refractivity contribution in [2.45, 2.75) is 13.8 Å². The Balaban J connectivity index is 0.00000151. The first-order valence-corrected chi connectivity index (χ1v) is 8.37. The van der Waals surface area contributed by atoms with Crippen LogP contribution in [0.5, 0.6) is 11.5 Å². The Bertz CT molecular complexity index is 676. The standard InChI is InChI=1S/C16H18ClN3O3.C2H6/c1-20(2)8-9-23-13-5-3-4-12(21)15(13)16(22)19-14-7-6-11(17)10-18-14;1-2/h3-7,10,21H,8-9H2,1-2H3,(H,18,19,22);1-2H3. The number of nitrogens with zero attached hydrogens (tertiary/aromatic N) is 2. The van der Waals surface area contributed by atoms with E-state index in [1.807, 2.05) is 32.8 Å². The highest BCUT2D eigenvalue weighted by Crippen LogP contribution is 2.28. The van der Waals surface area contributed by atoms with Crippen molar-refractivity contribution in [3.05, 3.63) is 47.1 Å². The Kier molecular flexibility index (Phi) is 8.74. The molecule has 2 aromatic rings. The van der Waals surface area contributed by atoms with Gasteiger partial charge in [-0.1, -0.05) is 31.5 Å². The minimum atomic E-state index is -0.502. The van der Waals surface area contributed by atoms with Crippen LogP contribution in [0.2, 0.25) is 5.02 Å². The molecule has 1 aromatic heterocycles. The fraction of sp³-hybridized carbons (Fsp3) is 0.333. The monoisotopic (exact) mass is 365 g/mol. The molecule has 0 bridgehead atoms. The number of carbonyl (C=O) groups is 1. The number of ether oxygens (including phenoxy) is 1. The van der Waals surface area contributed by atoms with Crippen LogP contribution < -0.4 is 10.1 Å². The number of aromatic nitrogens is 1. The first kappa shape index (κ1) is 20.7. The van der Waals surface area contributed by atoms with Gasteiger partial charge in [0.1, 0.15) is 29.5 Å². The molecule has 25 heavy (non-hydrogen) atoms. The lowest BCUT2D eigenvalue weighted by Crippen LogP contribution is -2.21. The molecule has 0 radical (unpaired) electrons. The van der Waals surface area contributed by atoms with Crippen molar-refractivity contribution in [2.24, 2.45) is 0 Å². The molecule has 6 nitrogen and oxygen atoms in total. The zero-order valence-electron chi connectivity index (χ0n) is 14.9. The van der Waals surface area contributed by atoms with Gasteiger partial charge < -0.3 is 20.1 Å². The average Bonchev–Trinajstić information content (AvgIpc) is 2.58. The van der Waals surface area contributed by atoms with Crippen LogP contribution >= 0.6 is 11.6 Å². The highest BCUT2D eigenvalue weighted by molar-refractivity contribution is 6.30. The summed E-state index contributed by atoms with van der Waals surface area (Å²) in [6.45, 7) is 5.09. The van der Waals surface area contributed by atoms with Crippen molar-refractivity contribution in [1.29, 1.82) is 0 Å². The van der Waals surface area contributed by atoms with Gasteiger partial charge in [0.25, 0.3) is 5.91 Å². The first-order valence-electron chi connectivity index (χ1n) is 8.00. The lowest BCUT2D eigenvalue weighted by atomic mass is 10.1. The van der Waals surface area contributed by atoms with Gasteiger partial charge in [-0.2, -0.15) is 0 Å². The summed E-state index contributed by atoms with van der Waals surface area (Å²) in [7, 11) is 3.84. The van der Waals surface area contributed by atoms with Gasteiger partial charge in [-0.3, -0.25) is 4.79 Å². The highest BCUT2D eigenvalue weighted by Gasteiger charge is 2.18. The number of likely N-dealkylation sites (N-methyl/N-ethyl adjacent to an activating group) is 1. The number of hydrogen-bond donors (Lipinski definition) is 2. The molecular formula is C18H24ClN3O3. The molecule has 136 valence electrons. The molecular weight excluding hydrogens is 342 g/mol. The molecule has 0 spiro atoms. The van der Waals surface area contributed by atoms with Gasteiger partial charge in [-0.05, 0) is 38.4 Å². The second-order valence-electron chi connectivity index (χ2n) is 5.12. The van der Waals surface area contributed by atoms with E-state index in [9.17, 15) is 9.90 Å². The minimum Gasteiger partial charge on any atom is -0.507 e. The van der Waals surface area contributed by atoms with Gasteiger partial charge in [-0.15, -0.1) is 0 Å². The van der Waals surface area contributed by atoms with Crippen molar-refractivity contribution in [3.8, 4) is 11.5 Å². The fourth-order valence-corrected chi connectivity index (χ4v) is 1.95. The first-order chi connectivity index (χ1) is 12.0. The number of phenolic OH excluding ortho intramolecular Hbond substituents is 1. The van der Waals surface area contributed by atoms with Crippen LogP contribution in [0.1, 0.15) is 24.2 Å². The largest absolute Gasteiger partial charge is 0.507 e. The lowest BCUT2D eigenvalue weighted by Gasteiger charge is -2.14. The number of amides is 1. The Morgan fingerprint density at radius 2 is 2.00 bits per heavy atom. The summed E-state index contributed by atoms with van der Waals surface area (Å²) >= 11 is 5.76. The molecule has 2 N–H and O–H groups in total. The van der Waals surface area contributed by atoms with E-state index in [2.05, 4.69) is 10.3 Å². The third-order valence-corrected chi connectivity index (χ3v) is 3.22. The summed E-state index contributed by atoms with van der Waals surface area (Å²) < 4.78 is 5.60. The molecule has 1 amide bonds. The zero-order chi connectivity index (χ0) is 18.8. The second kappa shape index (κ2) is 10.5. The SMILES string of the molecule is CC.CN(C)CCOc1cccc(O)c1C(=O)Nc1ccc(Cl)cn1. The minimum absolute atomic E-state index is 0.0722. The summed E-state index contributed by atoms with van der Waals surface area (Å²) in [6, 6.07) is 7.89. The molecule has 0 unspecified atom stereocenters. The van der Waals surface area contributed by atoms with E-state index in [1.54, 1.807) is 24.3 Å². The van der Waals surface area contributed by atoms with Gasteiger partial charge in [0.2, 0.25) is 0 Å². The van der Waals surface area contributed by atoms with Gasteiger partial charge in [0.05, 0.1) is 5.02 Å². The topological polar surface area (TPSA) is 74.7 Å². The number of nitrogens with one attached hydrogen (secondary N) is 1. The number of carbonyl (C=O) groups excluding carboxylic acids is 1. The number of hydrogen-bond acceptors (Lipinski definition) is 5. The number of phenols is 1. The molecule has 0 aliphatic rings. The molecule has 7 heteroatoms. The predicted molar refractivity (Wildman–Crippen MR) is 101 cm³/mol. The van der Waals surface area contributed by atoms with E-state index in [-0.39, 0.29) is 11.3 Å². The smallest absolute Gasteiger partial charge is 0.264 e. The number of halogens is 1. The maximum absolute atomic E-state index is 12.4. The number of pyridine rings is 1. The maximum Gasteiger partial charge on any atom is 0.264 e. The van der Waals surface area contributed by atoms with E-state index in [4.69, 9.17) is 16.3 Å². The molecule has 0 aliphatic heterocycles. The third-order valence-electron chi connectivity index (χ3n) is 3.00. The van der Waals surface area contributed by atoms with E-state index in [1.165, 1.54) is 12.3 Å². The molecule has 0 atom stereocenters. The summed E-state index contributed by atoms with van der Waals surface area (Å²) in [5.74, 6) is -0.00296. The molecule has 0 saturated carbocycles. The Morgan fingerprint density at radius 1 is 1.28 bits per heavy atom. The average molecular weight is 366 g/mol. The lowest BCUT2D eigenvalue weighted by molar-refractivity contribution is 0.101. The van der Waals surface area contributed by atoms with Crippen LogP contribution in [-0.4, -0.2) is 48.1 Å². The molecule has 1 heterocycles. The summed E-state index contributed by atoms with van der Waals surface area (Å²) in [5.41, 5.74) is 0.0722. The van der Waals surface area contributed by atoms with Crippen LogP contribution in [-0.2, 0) is 0 Å². The Labute approximate surface area is 153 Å². The third kappa shape index (κ3) is 6.60. The van der Waals surface area contributed by atoms with Crippen molar-refractivity contribution in [3.63, 3.8) is 0 Å². The number of rotatable bonds is 6. The summed E-state index contributed by atoms with van der Waals surface area (Å²) in [4.78, 5) is 18.4. The van der Waals surface area contributed by atoms with Gasteiger partial charge in [-0.25, -0.2) is 4.98 Å². The number of benzene rings is 1. The maximum atomic E-state index is 12.4. The normalized spacial score (nSPS) is 10.0. The highest BCUT2D eigenvalue weighted by atomic mass is 35.5. The van der Waals surface area contributed by atoms with Crippen LogP contribution in [0.15, 0.2) is 36.5 Å². The van der Waals surface area contributed by atoms with Crippen LogP contribution in [0.3, 0.4) is 0 Å². The van der Waals surface area contributed by atoms with E-state index in [0.29, 0.717) is 29.7 Å². The summed E-state index contributed by atoms with van der Waals surface area (Å²) in [6.07, 6.45) is 1.43. The molecule has 0 fully saturated rings. The second-order valence-corrected chi connectivity index (χ2v) is 5.55. The molecule has 0 aliphatic carbocycles. The number of aromatic hydroxyl groups is 1. The summed E-state index contributed by atoms with van der Waals surface area (Å²) in [5, 5.41) is 13.1. The van der Waals surface area contributed by atoms with Crippen molar-refractivity contribution < 1.29 is 14.6 Å². The number of anilines is 1. The molecule has 1 aromatic carbocycles. The Hall–Kier alpha value is -2.31. The van der Waals surface area contributed by atoms with Crippen LogP contribution in [0.25, 0.3) is 0 Å². The van der Waals surface area contributed by atoms with Crippen molar-refractivity contribution in [1.82, 2.24) is 9.88 Å². The quantitative estimate of drug-likeness (QED) is 0.817. The van der Waals surface area contributed by atoms with Gasteiger partial charge in [0.15, 0.2) is 0 Å². The molecule has 0 saturated heterocycles. The van der Waals surface area contributed by atoms with Crippen molar-refractivity contribution in [2.75, 3.05) is 32.6 Å². The zero-order valence-corrected chi connectivity index (χ0v) is 15.7. The van der Waals surface area contributed by atoms with Crippen LogP contribution in [0.4, 0.5) is 5.82 Å². The van der Waals surface area contributed by atoms with Gasteiger partial charge >= 0.3 is 0 Å². The van der Waals surface area contributed by atoms with E-state index >= 15 is 0 Å². The van der Waals surface area contributed by atoms with Gasteiger partial charge in [0, 0.05) is 12.7 Å². The van der Waals surface area contributed by atoms with Crippen LogP contribution in [0, 0.1) is 0 Å². The molecule has 2 rings (SSSR count).